The molecule has 27 heavy (non-hydrogen) atoms. The largest absolute Gasteiger partial charge is 0.380 e. The van der Waals surface area contributed by atoms with Gasteiger partial charge in [-0.15, -0.1) is 0 Å². The first kappa shape index (κ1) is 24.9. The van der Waals surface area contributed by atoms with Crippen molar-refractivity contribution in [3.63, 3.8) is 0 Å². The summed E-state index contributed by atoms with van der Waals surface area (Å²) in [6.07, 6.45) is 8.30. The molecule has 3 aliphatic rings. The SMILES string of the molecule is CC(C)N1CCCC1.CC(C)N1CCCCC1.CC(C)N1CCCOCC1. The second-order valence-corrected chi connectivity index (χ2v) is 9.12. The lowest BCUT2D eigenvalue weighted by molar-refractivity contribution is 0.136. The third-order valence-corrected chi connectivity index (χ3v) is 5.98. The van der Waals surface area contributed by atoms with Gasteiger partial charge in [-0.2, -0.15) is 0 Å². The topological polar surface area (TPSA) is 19.0 Å². The van der Waals surface area contributed by atoms with Crippen LogP contribution in [0.1, 0.15) is 80.1 Å². The Morgan fingerprint density at radius 2 is 0.815 bits per heavy atom. The number of hydrogen-bond donors (Lipinski definition) is 0. The molecule has 3 fully saturated rings. The fourth-order valence-electron chi connectivity index (χ4n) is 3.97. The Morgan fingerprint density at radius 1 is 0.444 bits per heavy atom. The fourth-order valence-corrected chi connectivity index (χ4v) is 3.97. The highest BCUT2D eigenvalue weighted by molar-refractivity contribution is 4.69. The Bertz CT molecular complexity index is 327. The van der Waals surface area contributed by atoms with E-state index in [0.717, 1.165) is 31.8 Å². The molecule has 4 nitrogen and oxygen atoms in total. The highest BCUT2D eigenvalue weighted by Gasteiger charge is 2.13. The summed E-state index contributed by atoms with van der Waals surface area (Å²) in [7, 11) is 0. The van der Waals surface area contributed by atoms with Crippen molar-refractivity contribution in [2.75, 3.05) is 52.5 Å². The normalized spacial score (nSPS) is 23.0. The van der Waals surface area contributed by atoms with Crippen molar-refractivity contribution in [2.45, 2.75) is 98.2 Å². The standard InChI is InChI=1S/C8H17NO.C8H17N.C7H15N/c1-8(2)9-4-3-6-10-7-5-9;1-8(2)9-6-4-3-5-7-9;1-7(2)8-5-3-4-6-8/h8H,3-7H2,1-2H3;8H,3-7H2,1-2H3;7H,3-6H2,1-2H3. The zero-order valence-corrected chi connectivity index (χ0v) is 19.4. The molecule has 0 unspecified atom stereocenters. The van der Waals surface area contributed by atoms with Crippen LogP contribution in [0.5, 0.6) is 0 Å². The van der Waals surface area contributed by atoms with E-state index in [1.54, 1.807) is 0 Å². The van der Waals surface area contributed by atoms with Crippen LogP contribution in [0.2, 0.25) is 0 Å². The van der Waals surface area contributed by atoms with Gasteiger partial charge < -0.3 is 14.5 Å². The number of likely N-dealkylation sites (tertiary alicyclic amines) is 2. The first-order valence-corrected chi connectivity index (χ1v) is 11.7. The first-order valence-electron chi connectivity index (χ1n) is 11.7. The quantitative estimate of drug-likeness (QED) is 0.715. The van der Waals surface area contributed by atoms with Gasteiger partial charge in [-0.05, 0) is 99.8 Å². The van der Waals surface area contributed by atoms with Crippen LogP contribution in [0.25, 0.3) is 0 Å². The lowest BCUT2D eigenvalue weighted by Crippen LogP contribution is -2.35. The van der Waals surface area contributed by atoms with Gasteiger partial charge in [0.25, 0.3) is 0 Å². The zero-order valence-electron chi connectivity index (χ0n) is 19.4. The molecule has 3 saturated heterocycles. The minimum absolute atomic E-state index is 0.682. The molecule has 0 aliphatic carbocycles. The molecule has 3 heterocycles. The van der Waals surface area contributed by atoms with Crippen molar-refractivity contribution in [3.05, 3.63) is 0 Å². The van der Waals surface area contributed by atoms with Gasteiger partial charge in [-0.25, -0.2) is 0 Å². The van der Waals surface area contributed by atoms with E-state index in [2.05, 4.69) is 56.2 Å². The zero-order chi connectivity index (χ0) is 20.1. The molecular weight excluding hydrogens is 334 g/mol. The molecule has 0 N–H and O–H groups in total. The first-order chi connectivity index (χ1) is 12.9. The van der Waals surface area contributed by atoms with E-state index in [1.165, 1.54) is 71.2 Å². The van der Waals surface area contributed by atoms with Crippen molar-refractivity contribution in [3.8, 4) is 0 Å². The van der Waals surface area contributed by atoms with Crippen LogP contribution in [-0.4, -0.2) is 85.3 Å². The monoisotopic (exact) mass is 383 g/mol. The van der Waals surface area contributed by atoms with Gasteiger partial charge in [0.1, 0.15) is 0 Å². The van der Waals surface area contributed by atoms with Gasteiger partial charge >= 0.3 is 0 Å². The summed E-state index contributed by atoms with van der Waals surface area (Å²) < 4.78 is 5.33. The van der Waals surface area contributed by atoms with E-state index in [4.69, 9.17) is 4.74 Å². The molecule has 3 rings (SSSR count). The Morgan fingerprint density at radius 3 is 1.22 bits per heavy atom. The molecule has 0 spiro atoms. The summed E-state index contributed by atoms with van der Waals surface area (Å²) in [5, 5.41) is 0. The smallest absolute Gasteiger partial charge is 0.0593 e. The van der Waals surface area contributed by atoms with Crippen molar-refractivity contribution < 1.29 is 4.74 Å². The molecule has 0 radical (unpaired) electrons. The molecule has 3 aliphatic heterocycles. The number of rotatable bonds is 3. The Balaban J connectivity index is 0.000000204. The number of nitrogens with zero attached hydrogens (tertiary/aromatic N) is 3. The second kappa shape index (κ2) is 14.8. The van der Waals surface area contributed by atoms with Crippen LogP contribution >= 0.6 is 0 Å². The van der Waals surface area contributed by atoms with Crippen molar-refractivity contribution in [1.82, 2.24) is 14.7 Å². The predicted octanol–water partition coefficient (Wildman–Crippen LogP) is 4.49. The van der Waals surface area contributed by atoms with E-state index in [1.807, 2.05) is 0 Å². The lowest BCUT2D eigenvalue weighted by Gasteiger charge is -2.29. The van der Waals surface area contributed by atoms with Crippen LogP contribution < -0.4 is 0 Å². The number of hydrogen-bond acceptors (Lipinski definition) is 4. The van der Waals surface area contributed by atoms with Gasteiger partial charge in [-0.3, -0.25) is 4.90 Å². The number of piperidine rings is 1. The van der Waals surface area contributed by atoms with Crippen LogP contribution in [0.15, 0.2) is 0 Å². The molecule has 162 valence electrons. The summed E-state index contributed by atoms with van der Waals surface area (Å²) >= 11 is 0. The minimum Gasteiger partial charge on any atom is -0.380 e. The van der Waals surface area contributed by atoms with Crippen LogP contribution in [0.3, 0.4) is 0 Å². The number of ether oxygens (including phenoxy) is 1. The molecule has 4 heteroatoms. The van der Waals surface area contributed by atoms with Crippen molar-refractivity contribution in [2.24, 2.45) is 0 Å². The summed E-state index contributed by atoms with van der Waals surface area (Å²) in [6.45, 7) is 23.1. The van der Waals surface area contributed by atoms with Crippen LogP contribution in [-0.2, 0) is 4.74 Å². The lowest BCUT2D eigenvalue weighted by atomic mass is 10.1. The predicted molar refractivity (Wildman–Crippen MR) is 119 cm³/mol. The highest BCUT2D eigenvalue weighted by atomic mass is 16.5. The maximum Gasteiger partial charge on any atom is 0.0593 e. The summed E-state index contributed by atoms with van der Waals surface area (Å²) in [5.41, 5.74) is 0. The van der Waals surface area contributed by atoms with Crippen LogP contribution in [0.4, 0.5) is 0 Å². The summed E-state index contributed by atoms with van der Waals surface area (Å²) in [5.74, 6) is 0. The summed E-state index contributed by atoms with van der Waals surface area (Å²) in [6, 6.07) is 2.23. The second-order valence-electron chi connectivity index (χ2n) is 9.12. The Hall–Kier alpha value is -0.160. The molecule has 0 amide bonds. The van der Waals surface area contributed by atoms with Gasteiger partial charge in [0.15, 0.2) is 0 Å². The van der Waals surface area contributed by atoms with E-state index < -0.39 is 0 Å². The molecule has 0 saturated carbocycles. The summed E-state index contributed by atoms with van der Waals surface area (Å²) in [4.78, 5) is 7.55. The molecule has 0 aromatic heterocycles. The minimum atomic E-state index is 0.682. The maximum absolute atomic E-state index is 5.33. The van der Waals surface area contributed by atoms with E-state index in [-0.39, 0.29) is 0 Å². The van der Waals surface area contributed by atoms with E-state index in [9.17, 15) is 0 Å². The van der Waals surface area contributed by atoms with Gasteiger partial charge in [0.2, 0.25) is 0 Å². The van der Waals surface area contributed by atoms with E-state index >= 15 is 0 Å². The third-order valence-electron chi connectivity index (χ3n) is 5.98. The molecule has 0 atom stereocenters. The third kappa shape index (κ3) is 11.4. The molecule has 0 bridgehead atoms. The van der Waals surface area contributed by atoms with Crippen molar-refractivity contribution >= 4 is 0 Å². The maximum atomic E-state index is 5.33. The van der Waals surface area contributed by atoms with Gasteiger partial charge in [0.05, 0.1) is 6.61 Å². The fraction of sp³-hybridized carbons (Fsp3) is 1.00. The van der Waals surface area contributed by atoms with Gasteiger partial charge in [-0.1, -0.05) is 6.42 Å². The Kier molecular flexibility index (Phi) is 13.6. The van der Waals surface area contributed by atoms with Crippen molar-refractivity contribution in [1.29, 1.82) is 0 Å². The van der Waals surface area contributed by atoms with Gasteiger partial charge in [0, 0.05) is 37.8 Å². The average Bonchev–Trinajstić information content (AvgIpc) is 3.06. The molecular formula is C23H49N3O. The molecule has 0 aromatic carbocycles. The van der Waals surface area contributed by atoms with E-state index in [0.29, 0.717) is 6.04 Å². The molecule has 0 aromatic rings. The Labute approximate surface area is 170 Å². The highest BCUT2D eigenvalue weighted by Crippen LogP contribution is 2.11. The van der Waals surface area contributed by atoms with Crippen LogP contribution in [0, 0.1) is 0 Å². The average molecular weight is 384 g/mol.